The van der Waals surface area contributed by atoms with Gasteiger partial charge in [-0.3, -0.25) is 0 Å². The van der Waals surface area contributed by atoms with Gasteiger partial charge in [-0.1, -0.05) is 6.07 Å². The average molecular weight is 491 g/mol. The molecule has 2 unspecified atom stereocenters. The van der Waals surface area contributed by atoms with Crippen LogP contribution in [0.3, 0.4) is 0 Å². The molecule has 0 aromatic heterocycles. The van der Waals surface area contributed by atoms with Crippen LogP contribution in [0.15, 0.2) is 24.3 Å². The second-order valence-corrected chi connectivity index (χ2v) is 13.7. The zero-order valence-corrected chi connectivity index (χ0v) is 20.1. The molecule has 0 radical (unpaired) electrons. The van der Waals surface area contributed by atoms with Crippen LogP contribution in [0.1, 0.15) is 26.7 Å². The van der Waals surface area contributed by atoms with Gasteiger partial charge in [0.05, 0.1) is 34.1 Å². The smallest absolute Gasteiger partial charge is 0.171 e. The van der Waals surface area contributed by atoms with Crippen LogP contribution in [-0.4, -0.2) is 61.1 Å². The van der Waals surface area contributed by atoms with Crippen molar-refractivity contribution in [2.45, 2.75) is 37.8 Å². The van der Waals surface area contributed by atoms with Crippen molar-refractivity contribution >= 4 is 65.7 Å². The van der Waals surface area contributed by atoms with Crippen LogP contribution < -0.4 is 21.3 Å². The molecule has 0 saturated carbocycles. The van der Waals surface area contributed by atoms with E-state index in [4.69, 9.17) is 24.4 Å². The third-order valence-corrected chi connectivity index (χ3v) is 9.43. The quantitative estimate of drug-likeness (QED) is 0.462. The lowest BCUT2D eigenvalue weighted by molar-refractivity contribution is 0.474. The number of hydrogen-bond acceptors (Lipinski definition) is 6. The van der Waals surface area contributed by atoms with Crippen molar-refractivity contribution in [1.29, 1.82) is 0 Å². The van der Waals surface area contributed by atoms with Crippen molar-refractivity contribution in [3.05, 3.63) is 24.3 Å². The van der Waals surface area contributed by atoms with Crippen LogP contribution in [-0.2, 0) is 19.7 Å². The first-order valence-corrected chi connectivity index (χ1v) is 13.9. The lowest BCUT2D eigenvalue weighted by atomic mass is 10.0. The molecule has 2 heterocycles. The van der Waals surface area contributed by atoms with Crippen LogP contribution >= 0.6 is 24.4 Å². The Morgan fingerprint density at radius 1 is 0.833 bits per heavy atom. The Kier molecular flexibility index (Phi) is 6.34. The van der Waals surface area contributed by atoms with E-state index in [2.05, 4.69) is 21.3 Å². The molecule has 4 N–H and O–H groups in total. The standard InChI is InChI=1S/C18H26N4O4S4/c1-17(6-8-29(23,24)11-17)21-15(27)19-13-4-3-5-14(10-13)20-16(28)22-18(2)7-9-30(25,26)12-18/h3-5,10H,6-9,11-12H2,1-2H3,(H2,19,21,27)(H2,20,22,28). The number of hydrogen-bond donors (Lipinski definition) is 4. The Labute approximate surface area is 188 Å². The Bertz CT molecular complexity index is 992. The summed E-state index contributed by atoms with van der Waals surface area (Å²) in [7, 11) is -6.07. The van der Waals surface area contributed by atoms with E-state index in [0.717, 1.165) is 0 Å². The van der Waals surface area contributed by atoms with Gasteiger partial charge >= 0.3 is 0 Å². The molecule has 1 aromatic carbocycles. The van der Waals surface area contributed by atoms with Crippen LogP contribution in [0, 0.1) is 0 Å². The minimum Gasteiger partial charge on any atom is -0.356 e. The lowest BCUT2D eigenvalue weighted by Crippen LogP contribution is -2.48. The maximum atomic E-state index is 11.8. The van der Waals surface area contributed by atoms with E-state index < -0.39 is 30.8 Å². The fourth-order valence-electron chi connectivity index (χ4n) is 3.77. The minimum absolute atomic E-state index is 0.0534. The molecule has 2 aliphatic heterocycles. The van der Waals surface area contributed by atoms with Gasteiger partial charge in [0, 0.05) is 11.4 Å². The molecule has 2 atom stereocenters. The van der Waals surface area contributed by atoms with E-state index in [-0.39, 0.29) is 23.0 Å². The summed E-state index contributed by atoms with van der Waals surface area (Å²) in [6.45, 7) is 3.69. The van der Waals surface area contributed by atoms with Gasteiger partial charge in [-0.25, -0.2) is 16.8 Å². The Morgan fingerprint density at radius 2 is 1.23 bits per heavy atom. The molecular formula is C18H26N4O4S4. The molecule has 12 heteroatoms. The zero-order valence-electron chi connectivity index (χ0n) is 16.8. The van der Waals surface area contributed by atoms with Gasteiger partial charge in [0.15, 0.2) is 29.9 Å². The predicted molar refractivity (Wildman–Crippen MR) is 129 cm³/mol. The maximum absolute atomic E-state index is 11.8. The van der Waals surface area contributed by atoms with E-state index in [1.54, 1.807) is 0 Å². The highest BCUT2D eigenvalue weighted by Gasteiger charge is 2.39. The van der Waals surface area contributed by atoms with E-state index in [1.807, 2.05) is 38.1 Å². The summed E-state index contributed by atoms with van der Waals surface area (Å²) in [6, 6.07) is 7.28. The van der Waals surface area contributed by atoms with Crippen molar-refractivity contribution in [3.63, 3.8) is 0 Å². The fraction of sp³-hybridized carbons (Fsp3) is 0.556. The van der Waals surface area contributed by atoms with Crippen molar-refractivity contribution in [1.82, 2.24) is 10.6 Å². The first kappa shape index (κ1) is 23.2. The summed E-state index contributed by atoms with van der Waals surface area (Å²) >= 11 is 10.7. The topological polar surface area (TPSA) is 116 Å². The number of rotatable bonds is 4. The van der Waals surface area contributed by atoms with Crippen molar-refractivity contribution in [3.8, 4) is 0 Å². The van der Waals surface area contributed by atoms with Crippen LogP contribution in [0.2, 0.25) is 0 Å². The molecule has 3 rings (SSSR count). The first-order valence-electron chi connectivity index (χ1n) is 9.47. The minimum atomic E-state index is -3.03. The molecule has 166 valence electrons. The second kappa shape index (κ2) is 8.21. The van der Waals surface area contributed by atoms with Gasteiger partial charge in [0.25, 0.3) is 0 Å². The normalized spacial score (nSPS) is 29.1. The summed E-state index contributed by atoms with van der Waals surface area (Å²) in [6.07, 6.45) is 1.01. The molecule has 0 amide bonds. The number of benzene rings is 1. The Balaban J connectivity index is 1.57. The van der Waals surface area contributed by atoms with Gasteiger partial charge in [-0.05, 0) is 69.3 Å². The molecular weight excluding hydrogens is 464 g/mol. The molecule has 0 spiro atoms. The maximum Gasteiger partial charge on any atom is 0.171 e. The molecule has 2 fully saturated rings. The summed E-state index contributed by atoms with van der Waals surface area (Å²) in [4.78, 5) is 0. The van der Waals surface area contributed by atoms with Crippen LogP contribution in [0.4, 0.5) is 11.4 Å². The van der Waals surface area contributed by atoms with E-state index >= 15 is 0 Å². The number of thiocarbonyl (C=S) groups is 2. The summed E-state index contributed by atoms with van der Waals surface area (Å²) in [5, 5.41) is 13.0. The van der Waals surface area contributed by atoms with Crippen molar-refractivity contribution in [2.24, 2.45) is 0 Å². The second-order valence-electron chi connectivity index (χ2n) is 8.54. The Hall–Kier alpha value is -1.50. The Morgan fingerprint density at radius 3 is 1.57 bits per heavy atom. The molecule has 1 aromatic rings. The monoisotopic (exact) mass is 490 g/mol. The largest absolute Gasteiger partial charge is 0.356 e. The van der Waals surface area contributed by atoms with E-state index in [9.17, 15) is 16.8 Å². The highest BCUT2D eigenvalue weighted by molar-refractivity contribution is 7.92. The zero-order chi connectivity index (χ0) is 22.2. The highest BCUT2D eigenvalue weighted by atomic mass is 32.2. The van der Waals surface area contributed by atoms with E-state index in [1.165, 1.54) is 0 Å². The van der Waals surface area contributed by atoms with Gasteiger partial charge in [0.1, 0.15) is 0 Å². The number of nitrogens with one attached hydrogen (secondary N) is 4. The summed E-state index contributed by atoms with van der Waals surface area (Å²) < 4.78 is 47.0. The first-order chi connectivity index (χ1) is 13.8. The number of anilines is 2. The molecule has 30 heavy (non-hydrogen) atoms. The third-order valence-electron chi connectivity index (χ3n) is 5.22. The molecule has 2 saturated heterocycles. The van der Waals surface area contributed by atoms with Crippen molar-refractivity contribution < 1.29 is 16.8 Å². The van der Waals surface area contributed by atoms with Gasteiger partial charge in [-0.2, -0.15) is 0 Å². The average Bonchev–Trinajstić information content (AvgIpc) is 3.00. The lowest BCUT2D eigenvalue weighted by Gasteiger charge is -2.26. The van der Waals surface area contributed by atoms with Crippen molar-refractivity contribution in [2.75, 3.05) is 33.6 Å². The van der Waals surface area contributed by atoms with E-state index in [0.29, 0.717) is 34.4 Å². The number of sulfone groups is 2. The van der Waals surface area contributed by atoms with Crippen LogP contribution in [0.5, 0.6) is 0 Å². The fourth-order valence-corrected chi connectivity index (χ4v) is 8.68. The van der Waals surface area contributed by atoms with Crippen LogP contribution in [0.25, 0.3) is 0 Å². The van der Waals surface area contributed by atoms with Gasteiger partial charge in [0.2, 0.25) is 0 Å². The molecule has 8 nitrogen and oxygen atoms in total. The van der Waals surface area contributed by atoms with Gasteiger partial charge < -0.3 is 21.3 Å². The summed E-state index contributed by atoms with van der Waals surface area (Å²) in [5.74, 6) is 0.419. The molecule has 0 aliphatic carbocycles. The van der Waals surface area contributed by atoms with Gasteiger partial charge in [-0.15, -0.1) is 0 Å². The molecule has 0 bridgehead atoms. The predicted octanol–water partition coefficient (Wildman–Crippen LogP) is 1.41. The SMILES string of the molecule is CC1(NC(=S)Nc2cccc(NC(=S)NC3(C)CCS(=O)(=O)C3)c2)CCS(=O)(=O)C1. The summed E-state index contributed by atoms with van der Waals surface area (Å²) in [5.41, 5.74) is 0.252. The highest BCUT2D eigenvalue weighted by Crippen LogP contribution is 2.24. The third kappa shape index (κ3) is 6.25. The molecule has 2 aliphatic rings.